The predicted octanol–water partition coefficient (Wildman–Crippen LogP) is 2.90. The lowest BCUT2D eigenvalue weighted by molar-refractivity contribution is -0.119. The molecule has 0 radical (unpaired) electrons. The van der Waals surface area contributed by atoms with Gasteiger partial charge in [0, 0.05) is 7.05 Å². The Kier molecular flexibility index (Phi) is 5.33. The lowest BCUT2D eigenvalue weighted by Crippen LogP contribution is -2.28. The first kappa shape index (κ1) is 17.4. The van der Waals surface area contributed by atoms with E-state index in [1.807, 2.05) is 14.0 Å². The molecule has 0 bridgehead atoms. The monoisotopic (exact) mass is 355 g/mol. The minimum atomic E-state index is -0.0252. The fraction of sp³-hybridized carbons (Fsp3) is 0.333. The molecule has 6 nitrogen and oxygen atoms in total. The van der Waals surface area contributed by atoms with Crippen LogP contribution in [0, 0.1) is 0 Å². The molecule has 25 heavy (non-hydrogen) atoms. The number of hydrogen-bond acceptors (Lipinski definition) is 5. The van der Waals surface area contributed by atoms with Gasteiger partial charge in [-0.2, -0.15) is 5.10 Å². The number of nitrogens with one attached hydrogen (secondary N) is 1. The van der Waals surface area contributed by atoms with Crippen LogP contribution in [0.3, 0.4) is 0 Å². The first-order valence-corrected chi connectivity index (χ1v) is 9.20. The van der Waals surface area contributed by atoms with Gasteiger partial charge in [-0.15, -0.1) is 0 Å². The van der Waals surface area contributed by atoms with Crippen molar-refractivity contribution in [1.29, 1.82) is 0 Å². The molecule has 0 aliphatic heterocycles. The van der Waals surface area contributed by atoms with E-state index in [1.165, 1.54) is 23.7 Å². The second-order valence-electron chi connectivity index (χ2n) is 5.86. The Bertz CT molecular complexity index is 875. The summed E-state index contributed by atoms with van der Waals surface area (Å²) in [6.45, 7) is 4.12. The minimum absolute atomic E-state index is 0.0206. The van der Waals surface area contributed by atoms with Gasteiger partial charge in [-0.05, 0) is 24.5 Å². The SMILES string of the molecule is CCc1ccc(C(C)NC(=O)CSc2ncnc3c2cnn3C)cc1. The number of thioether (sulfide) groups is 1. The summed E-state index contributed by atoms with van der Waals surface area (Å²) < 4.78 is 1.70. The summed E-state index contributed by atoms with van der Waals surface area (Å²) in [4.78, 5) is 20.7. The molecule has 2 heterocycles. The molecule has 0 aliphatic carbocycles. The fourth-order valence-corrected chi connectivity index (χ4v) is 3.37. The van der Waals surface area contributed by atoms with Crippen LogP contribution in [0.2, 0.25) is 0 Å². The maximum Gasteiger partial charge on any atom is 0.230 e. The van der Waals surface area contributed by atoms with Crippen molar-refractivity contribution in [3.05, 3.63) is 47.9 Å². The zero-order valence-corrected chi connectivity index (χ0v) is 15.4. The topological polar surface area (TPSA) is 72.7 Å². The summed E-state index contributed by atoms with van der Waals surface area (Å²) in [6.07, 6.45) is 4.25. The lowest BCUT2D eigenvalue weighted by Gasteiger charge is -2.14. The average molecular weight is 355 g/mol. The highest BCUT2D eigenvalue weighted by atomic mass is 32.2. The lowest BCUT2D eigenvalue weighted by atomic mass is 10.1. The van der Waals surface area contributed by atoms with Crippen LogP contribution in [-0.2, 0) is 18.3 Å². The van der Waals surface area contributed by atoms with E-state index >= 15 is 0 Å². The van der Waals surface area contributed by atoms with Gasteiger partial charge in [-0.3, -0.25) is 9.48 Å². The van der Waals surface area contributed by atoms with Crippen LogP contribution in [0.1, 0.15) is 31.0 Å². The van der Waals surface area contributed by atoms with Crippen LogP contribution in [0.4, 0.5) is 0 Å². The molecule has 0 fully saturated rings. The van der Waals surface area contributed by atoms with Crippen LogP contribution < -0.4 is 5.32 Å². The summed E-state index contributed by atoms with van der Waals surface area (Å²) in [5, 5.41) is 8.86. The molecule has 3 aromatic rings. The van der Waals surface area contributed by atoms with Crippen LogP contribution in [0.15, 0.2) is 41.8 Å². The highest BCUT2D eigenvalue weighted by Gasteiger charge is 2.13. The van der Waals surface area contributed by atoms with Gasteiger partial charge in [0.1, 0.15) is 11.4 Å². The van der Waals surface area contributed by atoms with Gasteiger partial charge in [-0.1, -0.05) is 43.0 Å². The number of aryl methyl sites for hydroxylation is 2. The molecule has 0 aliphatic rings. The second-order valence-corrected chi connectivity index (χ2v) is 6.82. The van der Waals surface area contributed by atoms with E-state index < -0.39 is 0 Å². The Morgan fingerprint density at radius 2 is 2.04 bits per heavy atom. The van der Waals surface area contributed by atoms with Crippen LogP contribution in [0.5, 0.6) is 0 Å². The first-order valence-electron chi connectivity index (χ1n) is 8.22. The number of benzene rings is 1. The molecule has 1 N–H and O–H groups in total. The molecule has 1 unspecified atom stereocenters. The van der Waals surface area contributed by atoms with E-state index in [9.17, 15) is 4.79 Å². The highest BCUT2D eigenvalue weighted by molar-refractivity contribution is 8.00. The summed E-state index contributed by atoms with van der Waals surface area (Å²) >= 11 is 1.40. The van der Waals surface area contributed by atoms with E-state index in [4.69, 9.17) is 0 Å². The fourth-order valence-electron chi connectivity index (χ4n) is 2.60. The third-order valence-corrected chi connectivity index (χ3v) is 5.10. The second kappa shape index (κ2) is 7.65. The summed E-state index contributed by atoms with van der Waals surface area (Å²) in [5.41, 5.74) is 3.16. The smallest absolute Gasteiger partial charge is 0.230 e. The Labute approximate surface area is 151 Å². The summed E-state index contributed by atoms with van der Waals surface area (Å²) in [5.74, 6) is 0.283. The molecule has 0 saturated carbocycles. The van der Waals surface area contributed by atoms with Gasteiger partial charge in [0.2, 0.25) is 5.91 Å². The van der Waals surface area contributed by atoms with Gasteiger partial charge in [-0.25, -0.2) is 9.97 Å². The van der Waals surface area contributed by atoms with Gasteiger partial charge < -0.3 is 5.32 Å². The third-order valence-electron chi connectivity index (χ3n) is 4.10. The maximum atomic E-state index is 12.3. The normalized spacial score (nSPS) is 12.3. The van der Waals surface area contributed by atoms with Gasteiger partial charge >= 0.3 is 0 Å². The van der Waals surface area contributed by atoms with Crippen LogP contribution in [-0.4, -0.2) is 31.4 Å². The Morgan fingerprint density at radius 3 is 2.76 bits per heavy atom. The number of rotatable bonds is 6. The van der Waals surface area contributed by atoms with Crippen LogP contribution >= 0.6 is 11.8 Å². The zero-order valence-electron chi connectivity index (χ0n) is 14.6. The van der Waals surface area contributed by atoms with E-state index in [0.29, 0.717) is 5.75 Å². The van der Waals surface area contributed by atoms with Crippen molar-refractivity contribution in [3.63, 3.8) is 0 Å². The highest BCUT2D eigenvalue weighted by Crippen LogP contribution is 2.23. The number of carbonyl (C=O) groups excluding carboxylic acids is 1. The molecule has 0 spiro atoms. The minimum Gasteiger partial charge on any atom is -0.349 e. The maximum absolute atomic E-state index is 12.3. The van der Waals surface area contributed by atoms with E-state index in [2.05, 4.69) is 51.6 Å². The number of hydrogen-bond donors (Lipinski definition) is 1. The number of carbonyl (C=O) groups is 1. The standard InChI is InChI=1S/C18H21N5OS/c1-4-13-5-7-14(8-6-13)12(2)22-16(24)10-25-18-15-9-21-23(3)17(15)19-11-20-18/h5-9,11-12H,4,10H2,1-3H3,(H,22,24). The molecule has 130 valence electrons. The molecular formula is C18H21N5OS. The largest absolute Gasteiger partial charge is 0.349 e. The van der Waals surface area contributed by atoms with Gasteiger partial charge in [0.15, 0.2) is 5.65 Å². The molecule has 0 saturated heterocycles. The quantitative estimate of drug-likeness (QED) is 0.544. The summed E-state index contributed by atoms with van der Waals surface area (Å²) in [7, 11) is 1.84. The molecular weight excluding hydrogens is 334 g/mol. The molecule has 1 atom stereocenters. The molecule has 1 amide bonds. The number of fused-ring (bicyclic) bond motifs is 1. The molecule has 7 heteroatoms. The van der Waals surface area contributed by atoms with Crippen molar-refractivity contribution in [2.45, 2.75) is 31.3 Å². The van der Waals surface area contributed by atoms with E-state index in [-0.39, 0.29) is 11.9 Å². The molecule has 2 aromatic heterocycles. The first-order chi connectivity index (χ1) is 12.1. The van der Waals surface area contributed by atoms with Crippen molar-refractivity contribution in [3.8, 4) is 0 Å². The number of amides is 1. The Hall–Kier alpha value is -2.41. The van der Waals surface area contributed by atoms with Gasteiger partial charge in [0.25, 0.3) is 0 Å². The Morgan fingerprint density at radius 1 is 1.28 bits per heavy atom. The average Bonchev–Trinajstić information content (AvgIpc) is 3.02. The van der Waals surface area contributed by atoms with Crippen molar-refractivity contribution in [2.24, 2.45) is 7.05 Å². The van der Waals surface area contributed by atoms with Crippen molar-refractivity contribution in [2.75, 3.05) is 5.75 Å². The van der Waals surface area contributed by atoms with Gasteiger partial charge in [0.05, 0.1) is 23.4 Å². The Balaban J connectivity index is 1.60. The van der Waals surface area contributed by atoms with Crippen molar-refractivity contribution in [1.82, 2.24) is 25.1 Å². The van der Waals surface area contributed by atoms with E-state index in [1.54, 1.807) is 10.9 Å². The van der Waals surface area contributed by atoms with Crippen molar-refractivity contribution < 1.29 is 4.79 Å². The summed E-state index contributed by atoms with van der Waals surface area (Å²) in [6, 6.07) is 8.32. The number of nitrogens with zero attached hydrogens (tertiary/aromatic N) is 4. The number of aromatic nitrogens is 4. The zero-order chi connectivity index (χ0) is 17.8. The van der Waals surface area contributed by atoms with Crippen molar-refractivity contribution >= 4 is 28.7 Å². The van der Waals surface area contributed by atoms with E-state index in [0.717, 1.165) is 28.0 Å². The molecule has 3 rings (SSSR count). The predicted molar refractivity (Wildman–Crippen MR) is 99.4 cm³/mol. The van der Waals surface area contributed by atoms with Crippen LogP contribution in [0.25, 0.3) is 11.0 Å². The molecule has 1 aromatic carbocycles. The third kappa shape index (κ3) is 3.99.